The molecule has 108 valence electrons. The first-order valence-electron chi connectivity index (χ1n) is 6.42. The van der Waals surface area contributed by atoms with Crippen molar-refractivity contribution >= 4 is 22.8 Å². The highest BCUT2D eigenvalue weighted by Gasteiger charge is 2.12. The van der Waals surface area contributed by atoms with Crippen molar-refractivity contribution in [3.63, 3.8) is 0 Å². The number of hydrogen-bond acceptors (Lipinski definition) is 3. The molecule has 3 rings (SSSR count). The molecule has 0 unspecified atom stereocenters. The monoisotopic (exact) mass is 305 g/mol. The minimum atomic E-state index is -0.258. The van der Waals surface area contributed by atoms with Gasteiger partial charge in [0.25, 0.3) is 0 Å². The fraction of sp³-hybridized carbons (Fsp3) is 0.200. The molecule has 0 saturated carbocycles. The first kappa shape index (κ1) is 13.8. The van der Waals surface area contributed by atoms with Crippen molar-refractivity contribution in [3.8, 4) is 5.88 Å². The lowest BCUT2D eigenvalue weighted by Crippen LogP contribution is -2.05. The van der Waals surface area contributed by atoms with Gasteiger partial charge in [-0.15, -0.1) is 11.6 Å². The molecule has 0 amide bonds. The highest BCUT2D eigenvalue weighted by Crippen LogP contribution is 2.20. The van der Waals surface area contributed by atoms with Gasteiger partial charge in [0.05, 0.1) is 19.5 Å². The summed E-state index contributed by atoms with van der Waals surface area (Å²) in [5.41, 5.74) is 2.41. The molecule has 0 N–H and O–H groups in total. The van der Waals surface area contributed by atoms with E-state index in [1.165, 1.54) is 12.1 Å². The van der Waals surface area contributed by atoms with Gasteiger partial charge in [0.15, 0.2) is 5.65 Å². The average Bonchev–Trinajstić information content (AvgIpc) is 2.86. The van der Waals surface area contributed by atoms with Gasteiger partial charge in [-0.1, -0.05) is 12.1 Å². The Morgan fingerprint density at radius 2 is 1.90 bits per heavy atom. The number of benzene rings is 1. The Morgan fingerprint density at radius 1 is 1.14 bits per heavy atom. The number of aromatic nitrogens is 3. The van der Waals surface area contributed by atoms with Crippen LogP contribution in [-0.2, 0) is 12.4 Å². The SMILES string of the molecule is COc1ccc2nc(CCl)n(Cc3ccc(F)cc3)c2n1. The van der Waals surface area contributed by atoms with Crippen molar-refractivity contribution in [2.45, 2.75) is 12.4 Å². The van der Waals surface area contributed by atoms with Crippen LogP contribution in [0.4, 0.5) is 4.39 Å². The molecular formula is C15H13ClFN3O. The number of methoxy groups -OCH3 is 1. The zero-order valence-corrected chi connectivity index (χ0v) is 12.1. The van der Waals surface area contributed by atoms with Crippen LogP contribution < -0.4 is 4.74 Å². The maximum Gasteiger partial charge on any atom is 0.215 e. The maximum atomic E-state index is 13.0. The van der Waals surface area contributed by atoms with Crippen molar-refractivity contribution < 1.29 is 9.13 Å². The average molecular weight is 306 g/mol. The van der Waals surface area contributed by atoms with E-state index in [-0.39, 0.29) is 11.7 Å². The smallest absolute Gasteiger partial charge is 0.215 e. The zero-order valence-electron chi connectivity index (χ0n) is 11.4. The van der Waals surface area contributed by atoms with E-state index in [0.717, 1.165) is 16.9 Å². The third kappa shape index (κ3) is 2.69. The van der Waals surface area contributed by atoms with Crippen LogP contribution in [0.3, 0.4) is 0 Å². The number of halogens is 2. The predicted molar refractivity (Wildman–Crippen MR) is 79.1 cm³/mol. The Morgan fingerprint density at radius 3 is 2.57 bits per heavy atom. The summed E-state index contributed by atoms with van der Waals surface area (Å²) in [5.74, 6) is 1.26. The Hall–Kier alpha value is -2.14. The fourth-order valence-corrected chi connectivity index (χ4v) is 2.39. The van der Waals surface area contributed by atoms with Gasteiger partial charge in [0, 0.05) is 6.07 Å². The lowest BCUT2D eigenvalue weighted by Gasteiger charge is -2.08. The summed E-state index contributed by atoms with van der Waals surface area (Å²) in [5, 5.41) is 0. The molecule has 1 aromatic carbocycles. The number of alkyl halides is 1. The normalized spacial score (nSPS) is 11.0. The number of hydrogen-bond donors (Lipinski definition) is 0. The molecule has 0 aliphatic carbocycles. The summed E-state index contributed by atoms with van der Waals surface area (Å²) in [4.78, 5) is 8.88. The van der Waals surface area contributed by atoms with Crippen molar-refractivity contribution in [1.29, 1.82) is 0 Å². The first-order valence-corrected chi connectivity index (χ1v) is 6.95. The molecule has 0 saturated heterocycles. The van der Waals surface area contributed by atoms with E-state index in [9.17, 15) is 4.39 Å². The van der Waals surface area contributed by atoms with E-state index in [0.29, 0.717) is 18.1 Å². The van der Waals surface area contributed by atoms with E-state index in [1.807, 2.05) is 10.6 Å². The lowest BCUT2D eigenvalue weighted by atomic mass is 10.2. The largest absolute Gasteiger partial charge is 0.481 e. The highest BCUT2D eigenvalue weighted by molar-refractivity contribution is 6.16. The van der Waals surface area contributed by atoms with Gasteiger partial charge in [0.2, 0.25) is 5.88 Å². The van der Waals surface area contributed by atoms with E-state index in [4.69, 9.17) is 16.3 Å². The van der Waals surface area contributed by atoms with Crippen molar-refractivity contribution in [3.05, 3.63) is 53.6 Å². The molecule has 2 heterocycles. The van der Waals surface area contributed by atoms with Gasteiger partial charge >= 0.3 is 0 Å². The number of rotatable bonds is 4. The molecule has 0 bridgehead atoms. The Kier molecular flexibility index (Phi) is 3.75. The molecule has 0 atom stereocenters. The third-order valence-corrected chi connectivity index (χ3v) is 3.47. The molecular weight excluding hydrogens is 293 g/mol. The molecule has 2 aromatic heterocycles. The number of imidazole rings is 1. The minimum Gasteiger partial charge on any atom is -0.481 e. The summed E-state index contributed by atoms with van der Waals surface area (Å²) in [6, 6.07) is 9.94. The quantitative estimate of drug-likeness (QED) is 0.694. The van der Waals surface area contributed by atoms with Gasteiger partial charge in [-0.25, -0.2) is 9.37 Å². The molecule has 4 nitrogen and oxygen atoms in total. The van der Waals surface area contributed by atoms with Crippen molar-refractivity contribution in [1.82, 2.24) is 14.5 Å². The third-order valence-electron chi connectivity index (χ3n) is 3.23. The van der Waals surface area contributed by atoms with E-state index in [1.54, 1.807) is 25.3 Å². The number of nitrogens with zero attached hydrogens (tertiary/aromatic N) is 3. The van der Waals surface area contributed by atoms with Crippen LogP contribution in [0, 0.1) is 5.82 Å². The summed E-state index contributed by atoms with van der Waals surface area (Å²) >= 11 is 5.97. The molecule has 6 heteroatoms. The molecule has 0 aliphatic heterocycles. The molecule has 0 radical (unpaired) electrons. The molecule has 0 spiro atoms. The van der Waals surface area contributed by atoms with Crippen LogP contribution in [-0.4, -0.2) is 21.6 Å². The number of fused-ring (bicyclic) bond motifs is 1. The summed E-state index contributed by atoms with van der Waals surface area (Å²) in [6.45, 7) is 0.527. The Labute approximate surface area is 126 Å². The van der Waals surface area contributed by atoms with E-state index in [2.05, 4.69) is 9.97 Å². The first-order chi connectivity index (χ1) is 10.2. The summed E-state index contributed by atoms with van der Waals surface area (Å²) in [6.07, 6.45) is 0. The Bertz CT molecular complexity index is 770. The van der Waals surface area contributed by atoms with Crippen LogP contribution >= 0.6 is 11.6 Å². The predicted octanol–water partition coefficient (Wildman–Crippen LogP) is 3.37. The minimum absolute atomic E-state index is 0.258. The number of pyridine rings is 1. The molecule has 21 heavy (non-hydrogen) atoms. The van der Waals surface area contributed by atoms with Gasteiger partial charge in [-0.3, -0.25) is 0 Å². The number of ether oxygens (including phenoxy) is 1. The fourth-order valence-electron chi connectivity index (χ4n) is 2.19. The summed E-state index contributed by atoms with van der Waals surface area (Å²) in [7, 11) is 1.57. The van der Waals surface area contributed by atoms with Crippen LogP contribution in [0.15, 0.2) is 36.4 Å². The van der Waals surface area contributed by atoms with Crippen LogP contribution in [0.25, 0.3) is 11.2 Å². The maximum absolute atomic E-state index is 13.0. The zero-order chi connectivity index (χ0) is 14.8. The van der Waals surface area contributed by atoms with Gasteiger partial charge in [-0.05, 0) is 23.8 Å². The highest BCUT2D eigenvalue weighted by atomic mass is 35.5. The van der Waals surface area contributed by atoms with E-state index < -0.39 is 0 Å². The van der Waals surface area contributed by atoms with Crippen LogP contribution in [0.2, 0.25) is 0 Å². The van der Waals surface area contributed by atoms with Crippen LogP contribution in [0.5, 0.6) is 5.88 Å². The topological polar surface area (TPSA) is 39.9 Å². The Balaban J connectivity index is 2.08. The summed E-state index contributed by atoms with van der Waals surface area (Å²) < 4.78 is 20.1. The lowest BCUT2D eigenvalue weighted by molar-refractivity contribution is 0.399. The molecule has 0 aliphatic rings. The van der Waals surface area contributed by atoms with Crippen molar-refractivity contribution in [2.75, 3.05) is 7.11 Å². The van der Waals surface area contributed by atoms with Crippen molar-refractivity contribution in [2.24, 2.45) is 0 Å². The van der Waals surface area contributed by atoms with Gasteiger partial charge in [-0.2, -0.15) is 4.98 Å². The van der Waals surface area contributed by atoms with Crippen LogP contribution in [0.1, 0.15) is 11.4 Å². The van der Waals surface area contributed by atoms with Gasteiger partial charge in [0.1, 0.15) is 17.2 Å². The van der Waals surface area contributed by atoms with E-state index >= 15 is 0 Å². The second-order valence-electron chi connectivity index (χ2n) is 4.57. The molecule has 3 aromatic rings. The van der Waals surface area contributed by atoms with Gasteiger partial charge < -0.3 is 9.30 Å². The second kappa shape index (κ2) is 5.69. The standard InChI is InChI=1S/C15H13ClFN3O/c1-21-14-7-6-12-15(19-14)20(13(8-16)18-12)9-10-2-4-11(17)5-3-10/h2-7H,8-9H2,1H3. The molecule has 0 fully saturated rings. The second-order valence-corrected chi connectivity index (χ2v) is 4.84.